The normalized spacial score (nSPS) is 17.0. The average Bonchev–Trinajstić information content (AvgIpc) is 3.26. The molecule has 32 heavy (non-hydrogen) atoms. The van der Waals surface area contributed by atoms with Crippen LogP contribution in [0.3, 0.4) is 0 Å². The van der Waals surface area contributed by atoms with Crippen LogP contribution in [0.5, 0.6) is 5.75 Å². The summed E-state index contributed by atoms with van der Waals surface area (Å²) in [6, 6.07) is 15.6. The van der Waals surface area contributed by atoms with Crippen LogP contribution in [0.15, 0.2) is 48.5 Å². The van der Waals surface area contributed by atoms with E-state index in [2.05, 4.69) is 28.4 Å². The molecule has 6 heteroatoms. The van der Waals surface area contributed by atoms with Gasteiger partial charge in [0, 0.05) is 39.1 Å². The molecule has 170 valence electrons. The Labute approximate surface area is 190 Å². The van der Waals surface area contributed by atoms with Crippen LogP contribution in [-0.2, 0) is 29.0 Å². The van der Waals surface area contributed by atoms with Crippen molar-refractivity contribution in [1.82, 2.24) is 15.1 Å². The van der Waals surface area contributed by atoms with Crippen LogP contribution in [0.4, 0.5) is 0 Å². The van der Waals surface area contributed by atoms with E-state index in [1.54, 1.807) is 0 Å². The Bertz CT molecular complexity index is 937. The molecule has 2 heterocycles. The van der Waals surface area contributed by atoms with Gasteiger partial charge in [-0.2, -0.15) is 0 Å². The fraction of sp³-hybridized carbons (Fsp3) is 0.462. The average molecular weight is 436 g/mol. The van der Waals surface area contributed by atoms with Crippen LogP contribution in [0.25, 0.3) is 0 Å². The second kappa shape index (κ2) is 10.2. The summed E-state index contributed by atoms with van der Waals surface area (Å²) in [6.45, 7) is 8.67. The molecule has 1 atom stereocenters. The lowest BCUT2D eigenvalue weighted by molar-refractivity contribution is -0.139. The zero-order valence-corrected chi connectivity index (χ0v) is 19.0. The third-order valence-corrected chi connectivity index (χ3v) is 6.30. The number of hydrogen-bond acceptors (Lipinski definition) is 4. The molecular formula is C26H33N3O3. The summed E-state index contributed by atoms with van der Waals surface area (Å²) < 4.78 is 5.60. The van der Waals surface area contributed by atoms with Gasteiger partial charge in [-0.1, -0.05) is 56.3 Å². The number of rotatable bonds is 7. The highest BCUT2D eigenvalue weighted by molar-refractivity contribution is 5.88. The number of piperazine rings is 1. The van der Waals surface area contributed by atoms with Gasteiger partial charge in [-0.25, -0.2) is 0 Å². The van der Waals surface area contributed by atoms with Crippen molar-refractivity contribution in [2.75, 3.05) is 32.8 Å². The SMILES string of the molecule is CC(C)[C@@H](NC(=O)Cc1ccccc1)C(=O)N1CCN(Cc2ccc3c(c2)CCO3)CC1. The van der Waals surface area contributed by atoms with E-state index in [-0.39, 0.29) is 24.2 Å². The number of benzene rings is 2. The van der Waals surface area contributed by atoms with Crippen molar-refractivity contribution in [2.45, 2.75) is 39.3 Å². The highest BCUT2D eigenvalue weighted by Crippen LogP contribution is 2.26. The zero-order chi connectivity index (χ0) is 22.5. The van der Waals surface area contributed by atoms with E-state index in [1.807, 2.05) is 49.1 Å². The zero-order valence-electron chi connectivity index (χ0n) is 19.0. The molecule has 1 N–H and O–H groups in total. The Hall–Kier alpha value is -2.86. The Kier molecular flexibility index (Phi) is 7.10. The number of hydrogen-bond donors (Lipinski definition) is 1. The fourth-order valence-electron chi connectivity index (χ4n) is 4.44. The minimum absolute atomic E-state index is 0.0238. The Morgan fingerprint density at radius 1 is 1.00 bits per heavy atom. The first-order valence-electron chi connectivity index (χ1n) is 11.6. The molecule has 1 fully saturated rings. The van der Waals surface area contributed by atoms with E-state index in [9.17, 15) is 9.59 Å². The first-order valence-corrected chi connectivity index (χ1v) is 11.6. The lowest BCUT2D eigenvalue weighted by Crippen LogP contribution is -2.56. The standard InChI is InChI=1S/C26H33N3O3/c1-19(2)25(27-24(30)17-20-6-4-3-5-7-20)26(31)29-13-11-28(12-14-29)18-21-8-9-23-22(16-21)10-15-32-23/h3-9,16,19,25H,10-15,17-18H2,1-2H3,(H,27,30)/t25-/m1/s1. The molecule has 0 saturated carbocycles. The number of amides is 2. The quantitative estimate of drug-likeness (QED) is 0.726. The number of carbonyl (C=O) groups is 2. The maximum absolute atomic E-state index is 13.2. The topological polar surface area (TPSA) is 61.9 Å². The van der Waals surface area contributed by atoms with Gasteiger partial charge in [0.1, 0.15) is 11.8 Å². The highest BCUT2D eigenvalue weighted by atomic mass is 16.5. The molecular weight excluding hydrogens is 402 g/mol. The van der Waals surface area contributed by atoms with Gasteiger partial charge >= 0.3 is 0 Å². The molecule has 0 spiro atoms. The minimum atomic E-state index is -0.491. The lowest BCUT2D eigenvalue weighted by Gasteiger charge is -2.37. The fourth-order valence-corrected chi connectivity index (χ4v) is 4.44. The number of fused-ring (bicyclic) bond motifs is 1. The summed E-state index contributed by atoms with van der Waals surface area (Å²) >= 11 is 0. The number of ether oxygens (including phenoxy) is 1. The van der Waals surface area contributed by atoms with E-state index in [0.29, 0.717) is 13.1 Å². The predicted octanol–water partition coefficient (Wildman–Crippen LogP) is 2.65. The summed E-state index contributed by atoms with van der Waals surface area (Å²) in [5.74, 6) is 0.963. The van der Waals surface area contributed by atoms with Crippen molar-refractivity contribution in [3.05, 3.63) is 65.2 Å². The third-order valence-electron chi connectivity index (χ3n) is 6.30. The number of nitrogens with zero attached hydrogens (tertiary/aromatic N) is 2. The minimum Gasteiger partial charge on any atom is -0.493 e. The molecule has 2 amide bonds. The summed E-state index contributed by atoms with van der Waals surface area (Å²) in [4.78, 5) is 30.0. The van der Waals surface area contributed by atoms with Crippen molar-refractivity contribution < 1.29 is 14.3 Å². The number of nitrogens with one attached hydrogen (secondary N) is 1. The Morgan fingerprint density at radius 2 is 1.75 bits per heavy atom. The van der Waals surface area contributed by atoms with E-state index in [4.69, 9.17) is 4.74 Å². The van der Waals surface area contributed by atoms with Crippen molar-refractivity contribution >= 4 is 11.8 Å². The predicted molar refractivity (Wildman–Crippen MR) is 124 cm³/mol. The van der Waals surface area contributed by atoms with Gasteiger partial charge in [-0.15, -0.1) is 0 Å². The highest BCUT2D eigenvalue weighted by Gasteiger charge is 2.30. The molecule has 0 unspecified atom stereocenters. The lowest BCUT2D eigenvalue weighted by atomic mass is 10.0. The molecule has 0 radical (unpaired) electrons. The Morgan fingerprint density at radius 3 is 2.47 bits per heavy atom. The van der Waals surface area contributed by atoms with E-state index in [0.717, 1.165) is 44.0 Å². The summed E-state index contributed by atoms with van der Waals surface area (Å²) in [6.07, 6.45) is 1.27. The van der Waals surface area contributed by atoms with Crippen LogP contribution in [0.2, 0.25) is 0 Å². The number of carbonyl (C=O) groups excluding carboxylic acids is 2. The van der Waals surface area contributed by atoms with E-state index >= 15 is 0 Å². The first-order chi connectivity index (χ1) is 15.5. The maximum atomic E-state index is 13.2. The molecule has 4 rings (SSSR count). The van der Waals surface area contributed by atoms with Crippen LogP contribution >= 0.6 is 0 Å². The van der Waals surface area contributed by atoms with Gasteiger partial charge in [0.05, 0.1) is 13.0 Å². The van der Waals surface area contributed by atoms with Gasteiger partial charge in [-0.3, -0.25) is 14.5 Å². The summed E-state index contributed by atoms with van der Waals surface area (Å²) in [5.41, 5.74) is 3.54. The van der Waals surface area contributed by atoms with Gasteiger partial charge in [0.25, 0.3) is 0 Å². The van der Waals surface area contributed by atoms with E-state index < -0.39 is 6.04 Å². The molecule has 0 bridgehead atoms. The third kappa shape index (κ3) is 5.49. The largest absolute Gasteiger partial charge is 0.493 e. The van der Waals surface area contributed by atoms with Gasteiger partial charge in [0.15, 0.2) is 0 Å². The second-order valence-corrected chi connectivity index (χ2v) is 9.09. The van der Waals surface area contributed by atoms with E-state index in [1.165, 1.54) is 11.1 Å². The van der Waals surface area contributed by atoms with Crippen molar-refractivity contribution in [3.8, 4) is 5.75 Å². The van der Waals surface area contributed by atoms with Crippen LogP contribution in [0, 0.1) is 5.92 Å². The smallest absolute Gasteiger partial charge is 0.245 e. The van der Waals surface area contributed by atoms with Crippen LogP contribution < -0.4 is 10.1 Å². The molecule has 2 aliphatic rings. The van der Waals surface area contributed by atoms with Gasteiger partial charge < -0.3 is 15.0 Å². The molecule has 6 nitrogen and oxygen atoms in total. The van der Waals surface area contributed by atoms with Crippen molar-refractivity contribution in [1.29, 1.82) is 0 Å². The van der Waals surface area contributed by atoms with Gasteiger partial charge in [-0.05, 0) is 28.7 Å². The Balaban J connectivity index is 1.29. The maximum Gasteiger partial charge on any atom is 0.245 e. The molecule has 2 aliphatic heterocycles. The molecule has 2 aromatic carbocycles. The molecule has 0 aliphatic carbocycles. The monoisotopic (exact) mass is 435 g/mol. The van der Waals surface area contributed by atoms with Crippen molar-refractivity contribution in [2.24, 2.45) is 5.92 Å². The van der Waals surface area contributed by atoms with Crippen molar-refractivity contribution in [3.63, 3.8) is 0 Å². The second-order valence-electron chi connectivity index (χ2n) is 9.09. The molecule has 2 aromatic rings. The first kappa shape index (κ1) is 22.3. The summed E-state index contributed by atoms with van der Waals surface area (Å²) in [5, 5.41) is 2.98. The summed E-state index contributed by atoms with van der Waals surface area (Å²) in [7, 11) is 0. The molecule has 0 aromatic heterocycles. The van der Waals surface area contributed by atoms with Gasteiger partial charge in [0.2, 0.25) is 11.8 Å². The van der Waals surface area contributed by atoms with Crippen LogP contribution in [0.1, 0.15) is 30.5 Å². The van der Waals surface area contributed by atoms with Crippen LogP contribution in [-0.4, -0.2) is 60.4 Å². The molecule has 1 saturated heterocycles.